The van der Waals surface area contributed by atoms with Gasteiger partial charge in [0.1, 0.15) is 5.82 Å². The second-order valence-electron chi connectivity index (χ2n) is 4.30. The molecule has 0 aliphatic heterocycles. The highest BCUT2D eigenvalue weighted by atomic mass is 35.5. The van der Waals surface area contributed by atoms with E-state index in [4.69, 9.17) is 17.3 Å². The molecule has 2 nitrogen and oxygen atoms in total. The van der Waals surface area contributed by atoms with Gasteiger partial charge in [-0.15, -0.1) is 0 Å². The first-order valence-corrected chi connectivity index (χ1v) is 5.90. The Balaban J connectivity index is 2.37. The average molecular weight is 247 g/mol. The molecule has 3 heteroatoms. The summed E-state index contributed by atoms with van der Waals surface area (Å²) in [5.74, 6) is 0.551. The number of nitrogens with zero attached hydrogens (tertiary/aromatic N) is 1. The minimum absolute atomic E-state index is 0.551. The van der Waals surface area contributed by atoms with Crippen molar-refractivity contribution in [3.8, 4) is 0 Å². The van der Waals surface area contributed by atoms with Crippen LogP contribution in [0.25, 0.3) is 0 Å². The van der Waals surface area contributed by atoms with Gasteiger partial charge in [0, 0.05) is 18.2 Å². The van der Waals surface area contributed by atoms with E-state index in [1.807, 2.05) is 6.07 Å². The lowest BCUT2D eigenvalue weighted by atomic mass is 9.99. The highest BCUT2D eigenvalue weighted by Gasteiger charge is 2.05. The molecule has 0 atom stereocenters. The van der Waals surface area contributed by atoms with Gasteiger partial charge >= 0.3 is 0 Å². The van der Waals surface area contributed by atoms with E-state index in [1.54, 1.807) is 6.20 Å². The monoisotopic (exact) mass is 246 g/mol. The zero-order valence-corrected chi connectivity index (χ0v) is 10.8. The molecule has 1 aromatic heterocycles. The van der Waals surface area contributed by atoms with Crippen LogP contribution in [0.2, 0.25) is 5.02 Å². The van der Waals surface area contributed by atoms with Crippen molar-refractivity contribution in [2.24, 2.45) is 0 Å². The number of halogens is 1. The number of nitrogens with two attached hydrogens (primary N) is 1. The van der Waals surface area contributed by atoms with Crippen molar-refractivity contribution in [1.29, 1.82) is 0 Å². The SMILES string of the molecule is Cc1ccc(C)c(Cc2cc(Cl)cnc2N)c1. The molecule has 1 heterocycles. The van der Waals surface area contributed by atoms with Crippen LogP contribution in [0.4, 0.5) is 5.82 Å². The molecule has 2 aromatic rings. The van der Waals surface area contributed by atoms with Crippen LogP contribution in [-0.2, 0) is 6.42 Å². The van der Waals surface area contributed by atoms with E-state index in [2.05, 4.69) is 37.0 Å². The molecule has 2 N–H and O–H groups in total. The second-order valence-corrected chi connectivity index (χ2v) is 4.74. The van der Waals surface area contributed by atoms with Gasteiger partial charge in [-0.25, -0.2) is 4.98 Å². The van der Waals surface area contributed by atoms with E-state index >= 15 is 0 Å². The maximum Gasteiger partial charge on any atom is 0.126 e. The summed E-state index contributed by atoms with van der Waals surface area (Å²) in [4.78, 5) is 4.07. The normalized spacial score (nSPS) is 10.5. The van der Waals surface area contributed by atoms with Gasteiger partial charge in [-0.3, -0.25) is 0 Å². The number of benzene rings is 1. The Morgan fingerprint density at radius 3 is 2.71 bits per heavy atom. The highest BCUT2D eigenvalue weighted by Crippen LogP contribution is 2.21. The summed E-state index contributed by atoms with van der Waals surface area (Å²) >= 11 is 5.94. The smallest absolute Gasteiger partial charge is 0.126 e. The molecule has 17 heavy (non-hydrogen) atoms. The molecule has 0 aliphatic rings. The lowest BCUT2D eigenvalue weighted by Crippen LogP contribution is -2.00. The average Bonchev–Trinajstić information content (AvgIpc) is 2.28. The molecule has 2 rings (SSSR count). The van der Waals surface area contributed by atoms with E-state index < -0.39 is 0 Å². The quantitative estimate of drug-likeness (QED) is 0.881. The van der Waals surface area contributed by atoms with Gasteiger partial charge < -0.3 is 5.73 Å². The molecule has 1 aromatic carbocycles. The van der Waals surface area contributed by atoms with Gasteiger partial charge in [-0.05, 0) is 31.0 Å². The van der Waals surface area contributed by atoms with E-state index in [-0.39, 0.29) is 0 Å². The number of hydrogen-bond donors (Lipinski definition) is 1. The minimum atomic E-state index is 0.551. The Hall–Kier alpha value is -1.54. The Kier molecular flexibility index (Phi) is 3.34. The van der Waals surface area contributed by atoms with E-state index in [0.29, 0.717) is 10.8 Å². The van der Waals surface area contributed by atoms with E-state index in [1.165, 1.54) is 16.7 Å². The summed E-state index contributed by atoms with van der Waals surface area (Å²) in [7, 11) is 0. The minimum Gasteiger partial charge on any atom is -0.383 e. The molecular weight excluding hydrogens is 232 g/mol. The Bertz CT molecular complexity index is 500. The molecule has 0 radical (unpaired) electrons. The number of aryl methyl sites for hydroxylation is 2. The molecule has 0 saturated carbocycles. The summed E-state index contributed by atoms with van der Waals surface area (Å²) in [5, 5.41) is 0.625. The number of pyridine rings is 1. The maximum absolute atomic E-state index is 5.94. The first kappa shape index (κ1) is 11.9. The molecule has 0 saturated heterocycles. The lowest BCUT2D eigenvalue weighted by molar-refractivity contribution is 1.12. The summed E-state index contributed by atoms with van der Waals surface area (Å²) in [5.41, 5.74) is 10.6. The van der Waals surface area contributed by atoms with Crippen LogP contribution in [0, 0.1) is 13.8 Å². The number of anilines is 1. The van der Waals surface area contributed by atoms with Crippen LogP contribution in [0.15, 0.2) is 30.5 Å². The first-order chi connectivity index (χ1) is 8.06. The van der Waals surface area contributed by atoms with Crippen molar-refractivity contribution in [2.45, 2.75) is 20.3 Å². The summed E-state index contributed by atoms with van der Waals surface area (Å²) < 4.78 is 0. The third kappa shape index (κ3) is 2.77. The van der Waals surface area contributed by atoms with Crippen molar-refractivity contribution < 1.29 is 0 Å². The largest absolute Gasteiger partial charge is 0.383 e. The molecule has 0 spiro atoms. The third-order valence-electron chi connectivity index (χ3n) is 2.85. The van der Waals surface area contributed by atoms with Gasteiger partial charge in [0.15, 0.2) is 0 Å². The number of rotatable bonds is 2. The van der Waals surface area contributed by atoms with Crippen LogP contribution in [-0.4, -0.2) is 4.98 Å². The van der Waals surface area contributed by atoms with Gasteiger partial charge in [0.2, 0.25) is 0 Å². The van der Waals surface area contributed by atoms with Crippen LogP contribution in [0.5, 0.6) is 0 Å². The zero-order chi connectivity index (χ0) is 12.4. The van der Waals surface area contributed by atoms with Crippen molar-refractivity contribution in [3.63, 3.8) is 0 Å². The third-order valence-corrected chi connectivity index (χ3v) is 3.06. The Morgan fingerprint density at radius 2 is 1.94 bits per heavy atom. The van der Waals surface area contributed by atoms with E-state index in [9.17, 15) is 0 Å². The summed E-state index contributed by atoms with van der Waals surface area (Å²) in [6.07, 6.45) is 2.34. The van der Waals surface area contributed by atoms with Crippen LogP contribution in [0.1, 0.15) is 22.3 Å². The second kappa shape index (κ2) is 4.76. The topological polar surface area (TPSA) is 38.9 Å². The first-order valence-electron chi connectivity index (χ1n) is 5.52. The maximum atomic E-state index is 5.94. The van der Waals surface area contributed by atoms with Crippen molar-refractivity contribution in [2.75, 3.05) is 5.73 Å². The molecule has 0 bridgehead atoms. The number of nitrogen functional groups attached to an aromatic ring is 1. The standard InChI is InChI=1S/C14H15ClN2/c1-9-3-4-10(2)11(5-9)6-12-7-13(15)8-17-14(12)16/h3-5,7-8H,6H2,1-2H3,(H2,16,17). The predicted octanol–water partition coefficient (Wildman–Crippen LogP) is 3.52. The van der Waals surface area contributed by atoms with Crippen molar-refractivity contribution in [3.05, 3.63) is 57.7 Å². The van der Waals surface area contributed by atoms with E-state index in [0.717, 1.165) is 12.0 Å². The van der Waals surface area contributed by atoms with Gasteiger partial charge in [0.25, 0.3) is 0 Å². The molecular formula is C14H15ClN2. The van der Waals surface area contributed by atoms with Crippen LogP contribution < -0.4 is 5.73 Å². The number of hydrogen-bond acceptors (Lipinski definition) is 2. The van der Waals surface area contributed by atoms with Gasteiger partial charge in [-0.2, -0.15) is 0 Å². The van der Waals surface area contributed by atoms with Crippen LogP contribution in [0.3, 0.4) is 0 Å². The summed E-state index contributed by atoms with van der Waals surface area (Å²) in [6.45, 7) is 4.19. The fourth-order valence-corrected chi connectivity index (χ4v) is 2.01. The lowest BCUT2D eigenvalue weighted by Gasteiger charge is -2.09. The molecule has 0 unspecified atom stereocenters. The fraction of sp³-hybridized carbons (Fsp3) is 0.214. The zero-order valence-electron chi connectivity index (χ0n) is 10.00. The van der Waals surface area contributed by atoms with Crippen molar-refractivity contribution in [1.82, 2.24) is 4.98 Å². The summed E-state index contributed by atoms with van der Waals surface area (Å²) in [6, 6.07) is 8.29. The molecule has 0 aliphatic carbocycles. The molecule has 88 valence electrons. The Labute approximate surface area is 106 Å². The fourth-order valence-electron chi connectivity index (χ4n) is 1.83. The molecule has 0 amide bonds. The number of aromatic nitrogens is 1. The van der Waals surface area contributed by atoms with Crippen molar-refractivity contribution >= 4 is 17.4 Å². The predicted molar refractivity (Wildman–Crippen MR) is 72.4 cm³/mol. The Morgan fingerprint density at radius 1 is 1.18 bits per heavy atom. The highest BCUT2D eigenvalue weighted by molar-refractivity contribution is 6.30. The van der Waals surface area contributed by atoms with Gasteiger partial charge in [0.05, 0.1) is 5.02 Å². The van der Waals surface area contributed by atoms with Crippen LogP contribution >= 0.6 is 11.6 Å². The molecule has 0 fully saturated rings. The van der Waals surface area contributed by atoms with Gasteiger partial charge in [-0.1, -0.05) is 35.4 Å².